The second-order valence-corrected chi connectivity index (χ2v) is 7.21. The maximum absolute atomic E-state index is 5.61. The highest BCUT2D eigenvalue weighted by atomic mass is 127. The summed E-state index contributed by atoms with van der Waals surface area (Å²) < 4.78 is 5.61. The smallest absolute Gasteiger partial charge is 0.191 e. The fraction of sp³-hybridized carbons (Fsp3) is 0.632. The number of aliphatic imine (C=N–C) groups is 1. The van der Waals surface area contributed by atoms with Gasteiger partial charge in [-0.2, -0.15) is 0 Å². The van der Waals surface area contributed by atoms with E-state index in [-0.39, 0.29) is 29.4 Å². The summed E-state index contributed by atoms with van der Waals surface area (Å²) in [5.41, 5.74) is 2.94. The van der Waals surface area contributed by atoms with Crippen LogP contribution in [0.4, 0.5) is 0 Å². The van der Waals surface area contributed by atoms with Crippen LogP contribution in [0.3, 0.4) is 0 Å². The van der Waals surface area contributed by atoms with Crippen LogP contribution in [0.2, 0.25) is 0 Å². The van der Waals surface area contributed by atoms with E-state index in [0.717, 1.165) is 38.5 Å². The zero-order valence-corrected chi connectivity index (χ0v) is 17.7. The molecule has 5 heteroatoms. The quantitative estimate of drug-likeness (QED) is 0.415. The summed E-state index contributed by atoms with van der Waals surface area (Å²) in [6, 6.07) is 8.93. The van der Waals surface area contributed by atoms with Gasteiger partial charge in [0.15, 0.2) is 5.96 Å². The molecule has 0 aromatic heterocycles. The van der Waals surface area contributed by atoms with Gasteiger partial charge in [0, 0.05) is 26.7 Å². The summed E-state index contributed by atoms with van der Waals surface area (Å²) in [5.74, 6) is 0.854. The van der Waals surface area contributed by atoms with Crippen molar-refractivity contribution in [1.82, 2.24) is 10.6 Å². The molecule has 1 aromatic carbocycles. The zero-order valence-electron chi connectivity index (χ0n) is 15.4. The fourth-order valence-corrected chi connectivity index (χ4v) is 2.73. The molecule has 0 radical (unpaired) electrons. The lowest BCUT2D eigenvalue weighted by molar-refractivity contribution is 0.114. The molecule has 4 nitrogen and oxygen atoms in total. The van der Waals surface area contributed by atoms with Gasteiger partial charge >= 0.3 is 0 Å². The molecule has 1 fully saturated rings. The summed E-state index contributed by atoms with van der Waals surface area (Å²) in [6.45, 7) is 9.33. The van der Waals surface area contributed by atoms with Crippen LogP contribution in [-0.4, -0.2) is 38.8 Å². The Labute approximate surface area is 163 Å². The van der Waals surface area contributed by atoms with Crippen LogP contribution < -0.4 is 10.6 Å². The number of ether oxygens (including phenoxy) is 1. The SMILES string of the molecule is CN=C(NCCc1ccc(C(C)(C)C)cc1)NCC1CCCO1.I. The van der Waals surface area contributed by atoms with Gasteiger partial charge in [0.1, 0.15) is 0 Å². The number of halogens is 1. The summed E-state index contributed by atoms with van der Waals surface area (Å²) in [7, 11) is 1.81. The molecule has 0 aliphatic carbocycles. The summed E-state index contributed by atoms with van der Waals surface area (Å²) in [6.07, 6.45) is 3.64. The largest absolute Gasteiger partial charge is 0.376 e. The average Bonchev–Trinajstić information content (AvgIpc) is 3.03. The Morgan fingerprint density at radius 3 is 2.46 bits per heavy atom. The normalized spacial score (nSPS) is 18.2. The van der Waals surface area contributed by atoms with Crippen LogP contribution in [0.5, 0.6) is 0 Å². The number of hydrogen-bond donors (Lipinski definition) is 2. The van der Waals surface area contributed by atoms with E-state index in [9.17, 15) is 0 Å². The zero-order chi connectivity index (χ0) is 16.7. The lowest BCUT2D eigenvalue weighted by atomic mass is 9.86. The Morgan fingerprint density at radius 1 is 1.21 bits per heavy atom. The standard InChI is InChI=1S/C19H31N3O.HI/c1-19(2,3)16-9-7-15(8-10-16)11-12-21-18(20-4)22-14-17-6-5-13-23-17;/h7-10,17H,5-6,11-14H2,1-4H3,(H2,20,21,22);1H. The first-order valence-corrected chi connectivity index (χ1v) is 8.64. The van der Waals surface area contributed by atoms with Crippen LogP contribution in [0.25, 0.3) is 0 Å². The van der Waals surface area contributed by atoms with E-state index in [1.165, 1.54) is 17.5 Å². The maximum Gasteiger partial charge on any atom is 0.191 e. The number of guanidine groups is 1. The molecule has 1 aromatic rings. The molecule has 1 aliphatic rings. The monoisotopic (exact) mass is 445 g/mol. The Bertz CT molecular complexity index is 502. The molecule has 2 rings (SSSR count). The van der Waals surface area contributed by atoms with E-state index in [2.05, 4.69) is 60.7 Å². The van der Waals surface area contributed by atoms with Crippen molar-refractivity contribution in [3.63, 3.8) is 0 Å². The van der Waals surface area contributed by atoms with Gasteiger partial charge in [-0.3, -0.25) is 4.99 Å². The topological polar surface area (TPSA) is 45.7 Å². The maximum atomic E-state index is 5.61. The van der Waals surface area contributed by atoms with Crippen molar-refractivity contribution in [3.8, 4) is 0 Å². The number of rotatable bonds is 5. The minimum absolute atomic E-state index is 0. The average molecular weight is 445 g/mol. The Balaban J connectivity index is 0.00000288. The predicted octanol–water partition coefficient (Wildman–Crippen LogP) is 3.49. The Hall–Kier alpha value is -0.820. The van der Waals surface area contributed by atoms with E-state index in [1.807, 2.05) is 7.05 Å². The van der Waals surface area contributed by atoms with Gasteiger partial charge in [-0.15, -0.1) is 24.0 Å². The van der Waals surface area contributed by atoms with Crippen molar-refractivity contribution in [2.24, 2.45) is 4.99 Å². The molecule has 0 spiro atoms. The molecular weight excluding hydrogens is 413 g/mol. The minimum Gasteiger partial charge on any atom is -0.376 e. The molecule has 1 aliphatic heterocycles. The predicted molar refractivity (Wildman–Crippen MR) is 113 cm³/mol. The molecule has 0 amide bonds. The lowest BCUT2D eigenvalue weighted by Crippen LogP contribution is -2.41. The number of nitrogens with one attached hydrogen (secondary N) is 2. The second kappa shape index (κ2) is 10.2. The third kappa shape index (κ3) is 6.97. The van der Waals surface area contributed by atoms with Gasteiger partial charge in [-0.1, -0.05) is 45.0 Å². The third-order valence-electron chi connectivity index (χ3n) is 4.27. The van der Waals surface area contributed by atoms with Crippen molar-refractivity contribution in [3.05, 3.63) is 35.4 Å². The van der Waals surface area contributed by atoms with Crippen LogP contribution in [0.15, 0.2) is 29.3 Å². The Morgan fingerprint density at radius 2 is 1.92 bits per heavy atom. The number of hydrogen-bond acceptors (Lipinski definition) is 2. The van der Waals surface area contributed by atoms with E-state index in [0.29, 0.717) is 6.10 Å². The van der Waals surface area contributed by atoms with Crippen LogP contribution in [0.1, 0.15) is 44.7 Å². The third-order valence-corrected chi connectivity index (χ3v) is 4.27. The summed E-state index contributed by atoms with van der Waals surface area (Å²) in [4.78, 5) is 4.27. The van der Waals surface area contributed by atoms with Crippen molar-refractivity contribution in [2.45, 2.75) is 51.6 Å². The number of benzene rings is 1. The van der Waals surface area contributed by atoms with Gasteiger partial charge in [-0.05, 0) is 35.8 Å². The van der Waals surface area contributed by atoms with Gasteiger partial charge in [0.2, 0.25) is 0 Å². The van der Waals surface area contributed by atoms with Crippen molar-refractivity contribution in [1.29, 1.82) is 0 Å². The molecular formula is C19H32IN3O. The second-order valence-electron chi connectivity index (χ2n) is 7.21. The first kappa shape index (κ1) is 21.2. The molecule has 1 unspecified atom stereocenters. The molecule has 24 heavy (non-hydrogen) atoms. The van der Waals surface area contributed by atoms with E-state index in [1.54, 1.807) is 0 Å². The molecule has 0 bridgehead atoms. The molecule has 2 N–H and O–H groups in total. The fourth-order valence-electron chi connectivity index (χ4n) is 2.73. The molecule has 136 valence electrons. The summed E-state index contributed by atoms with van der Waals surface area (Å²) in [5, 5.41) is 6.71. The Kier molecular flexibility index (Phi) is 9.05. The van der Waals surface area contributed by atoms with Crippen molar-refractivity contribution < 1.29 is 4.74 Å². The van der Waals surface area contributed by atoms with E-state index in [4.69, 9.17) is 4.74 Å². The van der Waals surface area contributed by atoms with Crippen LogP contribution >= 0.6 is 24.0 Å². The van der Waals surface area contributed by atoms with Crippen molar-refractivity contribution in [2.75, 3.05) is 26.7 Å². The molecule has 0 saturated carbocycles. The highest BCUT2D eigenvalue weighted by Crippen LogP contribution is 2.22. The molecule has 1 saturated heterocycles. The molecule has 1 atom stereocenters. The lowest BCUT2D eigenvalue weighted by Gasteiger charge is -2.19. The van der Waals surface area contributed by atoms with E-state index >= 15 is 0 Å². The highest BCUT2D eigenvalue weighted by Gasteiger charge is 2.15. The van der Waals surface area contributed by atoms with Crippen molar-refractivity contribution >= 4 is 29.9 Å². The van der Waals surface area contributed by atoms with E-state index < -0.39 is 0 Å². The van der Waals surface area contributed by atoms with Gasteiger partial charge in [0.25, 0.3) is 0 Å². The first-order valence-electron chi connectivity index (χ1n) is 8.64. The highest BCUT2D eigenvalue weighted by molar-refractivity contribution is 14.0. The van der Waals surface area contributed by atoms with Crippen LogP contribution in [-0.2, 0) is 16.6 Å². The van der Waals surface area contributed by atoms with Gasteiger partial charge in [-0.25, -0.2) is 0 Å². The molecule has 1 heterocycles. The number of nitrogens with zero attached hydrogens (tertiary/aromatic N) is 1. The van der Waals surface area contributed by atoms with Gasteiger partial charge in [0.05, 0.1) is 6.10 Å². The van der Waals surface area contributed by atoms with Gasteiger partial charge < -0.3 is 15.4 Å². The minimum atomic E-state index is 0. The van der Waals surface area contributed by atoms with Crippen LogP contribution in [0, 0.1) is 0 Å². The first-order chi connectivity index (χ1) is 11.0. The summed E-state index contributed by atoms with van der Waals surface area (Å²) >= 11 is 0.